The first-order valence-electron chi connectivity index (χ1n) is 12.2. The van der Waals surface area contributed by atoms with Crippen LogP contribution in [-0.2, 0) is 6.42 Å². The van der Waals surface area contributed by atoms with Crippen molar-refractivity contribution in [2.75, 3.05) is 11.9 Å². The second-order valence-electron chi connectivity index (χ2n) is 9.71. The summed E-state index contributed by atoms with van der Waals surface area (Å²) in [5.74, 6) is 0.0393. The quantitative estimate of drug-likeness (QED) is 0.376. The van der Waals surface area contributed by atoms with Crippen molar-refractivity contribution in [1.29, 1.82) is 0 Å². The van der Waals surface area contributed by atoms with Crippen LogP contribution in [0.5, 0.6) is 0 Å². The van der Waals surface area contributed by atoms with Crippen molar-refractivity contribution in [3.05, 3.63) is 94.9 Å². The summed E-state index contributed by atoms with van der Waals surface area (Å²) in [6.07, 6.45) is 5.24. The number of benzene rings is 2. The van der Waals surface area contributed by atoms with Gasteiger partial charge in [-0.05, 0) is 72.4 Å². The second kappa shape index (κ2) is 8.82. The highest BCUT2D eigenvalue weighted by Gasteiger charge is 2.38. The minimum absolute atomic E-state index is 0.000438. The molecule has 0 bridgehead atoms. The van der Waals surface area contributed by atoms with E-state index in [2.05, 4.69) is 51.8 Å². The van der Waals surface area contributed by atoms with E-state index in [1.807, 2.05) is 16.6 Å². The Bertz CT molecular complexity index is 1400. The summed E-state index contributed by atoms with van der Waals surface area (Å²) in [5, 5.41) is 28.1. The number of carboxylic acid groups (broad SMARTS) is 1. The Kier molecular flexibility index (Phi) is 5.49. The molecule has 35 heavy (non-hydrogen) atoms. The first-order chi connectivity index (χ1) is 17.1. The third-order valence-electron chi connectivity index (χ3n) is 7.86. The van der Waals surface area contributed by atoms with Gasteiger partial charge in [-0.3, -0.25) is 0 Å². The molecule has 0 aliphatic heterocycles. The van der Waals surface area contributed by atoms with Gasteiger partial charge in [0, 0.05) is 18.2 Å². The predicted octanol–water partition coefficient (Wildman–Crippen LogP) is 4.80. The number of hydrogen-bond donors (Lipinski definition) is 3. The van der Waals surface area contributed by atoms with E-state index in [-0.39, 0.29) is 30.4 Å². The van der Waals surface area contributed by atoms with Gasteiger partial charge in [-0.25, -0.2) is 14.3 Å². The van der Waals surface area contributed by atoms with Crippen molar-refractivity contribution >= 4 is 17.3 Å². The fraction of sp³-hybridized carbons (Fsp3) is 0.321. The number of aliphatic hydroxyl groups is 1. The molecule has 0 radical (unpaired) electrons. The van der Waals surface area contributed by atoms with Gasteiger partial charge in [-0.1, -0.05) is 42.5 Å². The summed E-state index contributed by atoms with van der Waals surface area (Å²) in [6, 6.07) is 20.1. The number of aromatic carboxylic acids is 1. The normalized spacial score (nSPS) is 23.5. The molecule has 2 aromatic heterocycles. The molecular weight excluding hydrogens is 440 g/mol. The van der Waals surface area contributed by atoms with E-state index in [4.69, 9.17) is 0 Å². The molecule has 7 heteroatoms. The average molecular weight is 469 g/mol. The van der Waals surface area contributed by atoms with Gasteiger partial charge < -0.3 is 15.5 Å². The number of aromatic nitrogens is 3. The highest BCUT2D eigenvalue weighted by atomic mass is 16.4. The van der Waals surface area contributed by atoms with E-state index in [9.17, 15) is 15.0 Å². The van der Waals surface area contributed by atoms with E-state index in [1.165, 1.54) is 11.1 Å². The predicted molar refractivity (Wildman–Crippen MR) is 133 cm³/mol. The molecule has 0 saturated heterocycles. The Morgan fingerprint density at radius 1 is 1.03 bits per heavy atom. The molecule has 1 saturated carbocycles. The van der Waals surface area contributed by atoms with Gasteiger partial charge in [0.15, 0.2) is 5.82 Å². The van der Waals surface area contributed by atoms with Crippen LogP contribution in [-0.4, -0.2) is 37.4 Å². The van der Waals surface area contributed by atoms with Gasteiger partial charge in [-0.2, -0.15) is 5.10 Å². The van der Waals surface area contributed by atoms with Crippen molar-refractivity contribution < 1.29 is 15.0 Å². The number of hydrogen-bond acceptors (Lipinski definition) is 5. The van der Waals surface area contributed by atoms with E-state index < -0.39 is 5.97 Å². The second-order valence-corrected chi connectivity index (χ2v) is 9.71. The highest BCUT2D eigenvalue weighted by Crippen LogP contribution is 2.48. The van der Waals surface area contributed by atoms with Crippen LogP contribution in [0.3, 0.4) is 0 Å². The van der Waals surface area contributed by atoms with Gasteiger partial charge in [0.1, 0.15) is 11.8 Å². The van der Waals surface area contributed by atoms with Gasteiger partial charge >= 0.3 is 5.97 Å². The summed E-state index contributed by atoms with van der Waals surface area (Å²) in [7, 11) is 0. The van der Waals surface area contributed by atoms with Crippen molar-refractivity contribution in [2.24, 2.45) is 5.92 Å². The Morgan fingerprint density at radius 2 is 1.83 bits per heavy atom. The Balaban J connectivity index is 1.30. The number of carboxylic acids is 1. The van der Waals surface area contributed by atoms with Crippen LogP contribution in [0.4, 0.5) is 5.82 Å². The maximum absolute atomic E-state index is 11.8. The van der Waals surface area contributed by atoms with E-state index >= 15 is 0 Å². The molecular formula is C28H28N4O3. The Labute approximate surface area is 203 Å². The Hall–Kier alpha value is -3.71. The summed E-state index contributed by atoms with van der Waals surface area (Å²) in [4.78, 5) is 16.4. The van der Waals surface area contributed by atoms with Gasteiger partial charge in [0.05, 0.1) is 11.6 Å². The zero-order valence-corrected chi connectivity index (χ0v) is 19.3. The van der Waals surface area contributed by atoms with Crippen molar-refractivity contribution in [3.8, 4) is 0 Å². The van der Waals surface area contributed by atoms with Crippen LogP contribution in [0.25, 0.3) is 5.52 Å². The SMILES string of the molecule is O=C(O)c1ccccc1[C@H]1C[C@@H](c2ccc3c(N[C@H]4CCc5ccccc54)ncnn23)C[C@H]1CO. The third kappa shape index (κ3) is 3.76. The monoisotopic (exact) mass is 468 g/mol. The molecule has 3 N–H and O–H groups in total. The maximum atomic E-state index is 11.8. The van der Waals surface area contributed by atoms with Gasteiger partial charge in [0.2, 0.25) is 0 Å². The van der Waals surface area contributed by atoms with Crippen molar-refractivity contribution in [2.45, 2.75) is 43.6 Å². The number of carbonyl (C=O) groups is 1. The fourth-order valence-corrected chi connectivity index (χ4v) is 6.21. The van der Waals surface area contributed by atoms with Crippen LogP contribution in [0.1, 0.15) is 69.9 Å². The van der Waals surface area contributed by atoms with Crippen LogP contribution >= 0.6 is 0 Å². The van der Waals surface area contributed by atoms with E-state index in [0.29, 0.717) is 5.56 Å². The Morgan fingerprint density at radius 3 is 2.66 bits per heavy atom. The average Bonchev–Trinajstić information content (AvgIpc) is 3.61. The summed E-state index contributed by atoms with van der Waals surface area (Å²) in [6.45, 7) is 0.0291. The van der Waals surface area contributed by atoms with Crippen LogP contribution in [0, 0.1) is 5.92 Å². The minimum atomic E-state index is -0.925. The zero-order chi connectivity index (χ0) is 23.9. The lowest BCUT2D eigenvalue weighted by Gasteiger charge is -2.19. The number of nitrogens with one attached hydrogen (secondary N) is 1. The van der Waals surface area contributed by atoms with Crippen LogP contribution in [0.15, 0.2) is 67.0 Å². The maximum Gasteiger partial charge on any atom is 0.335 e. The number of nitrogens with zero attached hydrogens (tertiary/aromatic N) is 3. The number of aliphatic hydroxyl groups excluding tert-OH is 1. The number of anilines is 1. The highest BCUT2D eigenvalue weighted by molar-refractivity contribution is 5.89. The lowest BCUT2D eigenvalue weighted by atomic mass is 9.86. The minimum Gasteiger partial charge on any atom is -0.478 e. The molecule has 6 rings (SSSR count). The molecule has 0 amide bonds. The topological polar surface area (TPSA) is 99.8 Å². The first-order valence-corrected chi connectivity index (χ1v) is 12.2. The lowest BCUT2D eigenvalue weighted by molar-refractivity contribution is 0.0694. The molecule has 2 aliphatic rings. The van der Waals surface area contributed by atoms with E-state index in [0.717, 1.165) is 48.3 Å². The van der Waals surface area contributed by atoms with Crippen molar-refractivity contribution in [1.82, 2.24) is 14.6 Å². The summed E-state index contributed by atoms with van der Waals surface area (Å²) < 4.78 is 1.96. The third-order valence-corrected chi connectivity index (χ3v) is 7.86. The van der Waals surface area contributed by atoms with Gasteiger partial charge in [-0.15, -0.1) is 0 Å². The number of rotatable bonds is 6. The molecule has 178 valence electrons. The van der Waals surface area contributed by atoms with Crippen molar-refractivity contribution in [3.63, 3.8) is 0 Å². The summed E-state index contributed by atoms with van der Waals surface area (Å²) in [5.41, 5.74) is 5.85. The molecule has 2 heterocycles. The largest absolute Gasteiger partial charge is 0.478 e. The standard InChI is InChI=1S/C28H28N4O3/c33-15-19-13-18(14-23(19)21-7-3-4-8-22(21)28(34)35)25-11-12-26-27(29-16-30-32(25)26)31-24-10-9-17-5-1-2-6-20(17)24/h1-8,11-12,16,18-19,23-24,33H,9-10,13-15H2,(H,34,35)(H,29,30,31)/t18-,19-,23-,24-/m0/s1. The molecule has 4 atom stereocenters. The molecule has 1 fully saturated rings. The molecule has 4 aromatic rings. The molecule has 2 aromatic carbocycles. The zero-order valence-electron chi connectivity index (χ0n) is 19.3. The van der Waals surface area contributed by atoms with Gasteiger partial charge in [0.25, 0.3) is 0 Å². The molecule has 7 nitrogen and oxygen atoms in total. The van der Waals surface area contributed by atoms with E-state index in [1.54, 1.807) is 18.5 Å². The summed E-state index contributed by atoms with van der Waals surface area (Å²) >= 11 is 0. The first kappa shape index (κ1) is 21.8. The number of fused-ring (bicyclic) bond motifs is 2. The molecule has 0 spiro atoms. The van der Waals surface area contributed by atoms with Crippen LogP contribution < -0.4 is 5.32 Å². The van der Waals surface area contributed by atoms with Crippen LogP contribution in [0.2, 0.25) is 0 Å². The number of aryl methyl sites for hydroxylation is 1. The fourth-order valence-electron chi connectivity index (χ4n) is 6.21. The smallest absolute Gasteiger partial charge is 0.335 e. The molecule has 0 unspecified atom stereocenters. The molecule has 2 aliphatic carbocycles. The lowest BCUT2D eigenvalue weighted by Crippen LogP contribution is -2.14.